The zero-order valence-electron chi connectivity index (χ0n) is 20.9. The lowest BCUT2D eigenvalue weighted by atomic mass is 9.62. The molecule has 0 aromatic heterocycles. The number of aryl methyl sites for hydroxylation is 1. The molecule has 2 atom stereocenters. The van der Waals surface area contributed by atoms with Gasteiger partial charge in [0, 0.05) is 5.92 Å². The smallest absolute Gasteiger partial charge is 0.487 e. The first-order valence-electron chi connectivity index (χ1n) is 12.3. The molecule has 4 rings (SSSR count). The van der Waals surface area contributed by atoms with Crippen LogP contribution in [0.4, 0.5) is 0 Å². The third-order valence-corrected chi connectivity index (χ3v) is 8.19. The lowest BCUT2D eigenvalue weighted by Crippen LogP contribution is -2.49. The molecular formula is C27H41BO3. The van der Waals surface area contributed by atoms with Crippen LogP contribution in [-0.4, -0.2) is 23.9 Å². The van der Waals surface area contributed by atoms with Crippen molar-refractivity contribution in [2.45, 2.75) is 117 Å². The Kier molecular flexibility index (Phi) is 5.88. The fraction of sp³-hybridized carbons (Fsp3) is 0.704. The van der Waals surface area contributed by atoms with E-state index in [9.17, 15) is 0 Å². The number of rotatable bonds is 5. The molecule has 1 saturated heterocycles. The van der Waals surface area contributed by atoms with Crippen molar-refractivity contribution in [3.8, 4) is 5.75 Å². The Balaban J connectivity index is 1.82. The number of ether oxygens (including phenoxy) is 1. The Hall–Kier alpha value is -1.26. The molecule has 0 N–H and O–H groups in total. The van der Waals surface area contributed by atoms with E-state index in [0.717, 1.165) is 25.0 Å². The molecule has 4 heteroatoms. The van der Waals surface area contributed by atoms with E-state index in [1.807, 2.05) is 0 Å². The van der Waals surface area contributed by atoms with E-state index < -0.39 is 0 Å². The van der Waals surface area contributed by atoms with Gasteiger partial charge in [-0.2, -0.15) is 0 Å². The van der Waals surface area contributed by atoms with Gasteiger partial charge in [0.05, 0.1) is 11.2 Å². The second-order valence-corrected chi connectivity index (χ2v) is 11.6. The first kappa shape index (κ1) is 22.9. The van der Waals surface area contributed by atoms with E-state index in [1.54, 1.807) is 0 Å². The number of hydrogen-bond acceptors (Lipinski definition) is 3. The first-order valence-corrected chi connectivity index (χ1v) is 12.3. The predicted molar refractivity (Wildman–Crippen MR) is 129 cm³/mol. The van der Waals surface area contributed by atoms with Crippen LogP contribution in [0.3, 0.4) is 0 Å². The van der Waals surface area contributed by atoms with Crippen LogP contribution in [0.2, 0.25) is 0 Å². The average molecular weight is 424 g/mol. The molecule has 0 spiro atoms. The van der Waals surface area contributed by atoms with Gasteiger partial charge in [0.15, 0.2) is 0 Å². The molecule has 3 nitrogen and oxygen atoms in total. The number of benzene rings is 1. The zero-order valence-corrected chi connectivity index (χ0v) is 20.9. The van der Waals surface area contributed by atoms with Crippen LogP contribution in [0, 0.1) is 5.92 Å². The molecule has 0 saturated carbocycles. The minimum atomic E-state index is -0.348. The molecule has 0 radical (unpaired) electrons. The van der Waals surface area contributed by atoms with Gasteiger partial charge in [0.25, 0.3) is 0 Å². The van der Waals surface area contributed by atoms with Gasteiger partial charge in [0.2, 0.25) is 0 Å². The Labute approximate surface area is 190 Å². The standard InChI is InChI=1S/C27H41BO3/c1-9-10-11-12-19-16-22(28-30-26(5,6)27(7,8)31-28)24-20-15-18(2)13-14-21(20)25(3,4)29-23(24)17-19/h13,16-17,20-21H,9-12,14-15H2,1-8H3/t20-,21?/m1/s1. The highest BCUT2D eigenvalue weighted by Gasteiger charge is 2.54. The van der Waals surface area contributed by atoms with Crippen molar-refractivity contribution in [3.05, 3.63) is 34.9 Å². The Morgan fingerprint density at radius 2 is 1.68 bits per heavy atom. The Morgan fingerprint density at radius 3 is 2.32 bits per heavy atom. The van der Waals surface area contributed by atoms with Crippen molar-refractivity contribution in [3.63, 3.8) is 0 Å². The summed E-state index contributed by atoms with van der Waals surface area (Å²) in [4.78, 5) is 0. The number of hydrogen-bond donors (Lipinski definition) is 0. The predicted octanol–water partition coefficient (Wildman–Crippen LogP) is 6.33. The van der Waals surface area contributed by atoms with Crippen molar-refractivity contribution >= 4 is 12.6 Å². The Morgan fingerprint density at radius 1 is 1.00 bits per heavy atom. The molecule has 1 aliphatic carbocycles. The van der Waals surface area contributed by atoms with Crippen LogP contribution in [0.5, 0.6) is 5.75 Å². The minimum Gasteiger partial charge on any atom is -0.487 e. The van der Waals surface area contributed by atoms with E-state index in [-0.39, 0.29) is 23.9 Å². The van der Waals surface area contributed by atoms with Crippen LogP contribution in [0.25, 0.3) is 0 Å². The lowest BCUT2D eigenvalue weighted by molar-refractivity contribution is 0.00578. The van der Waals surface area contributed by atoms with Gasteiger partial charge >= 0.3 is 7.12 Å². The molecule has 1 unspecified atom stereocenters. The van der Waals surface area contributed by atoms with Crippen LogP contribution < -0.4 is 10.2 Å². The largest absolute Gasteiger partial charge is 0.495 e. The maximum Gasteiger partial charge on any atom is 0.495 e. The van der Waals surface area contributed by atoms with Crippen LogP contribution in [0.15, 0.2) is 23.8 Å². The summed E-state index contributed by atoms with van der Waals surface area (Å²) < 4.78 is 19.9. The first-order chi connectivity index (χ1) is 14.4. The van der Waals surface area contributed by atoms with Gasteiger partial charge in [-0.15, -0.1) is 0 Å². The molecule has 170 valence electrons. The minimum absolute atomic E-state index is 0.176. The topological polar surface area (TPSA) is 27.7 Å². The molecule has 1 fully saturated rings. The SMILES string of the molecule is CCCCCc1cc2c(c(B3OC(C)(C)C(C)(C)O3)c1)[C@@H]1CC(C)=CCC1C(C)(C)O2. The third kappa shape index (κ3) is 4.11. The fourth-order valence-corrected chi connectivity index (χ4v) is 5.57. The second-order valence-electron chi connectivity index (χ2n) is 11.6. The van der Waals surface area contributed by atoms with Crippen molar-refractivity contribution in [2.75, 3.05) is 0 Å². The lowest BCUT2D eigenvalue weighted by Gasteiger charge is -2.47. The van der Waals surface area contributed by atoms with Crippen LogP contribution in [0.1, 0.15) is 105 Å². The molecular weight excluding hydrogens is 383 g/mol. The maximum absolute atomic E-state index is 6.73. The average Bonchev–Trinajstić information content (AvgIpc) is 2.88. The van der Waals surface area contributed by atoms with Gasteiger partial charge in [-0.25, -0.2) is 0 Å². The van der Waals surface area contributed by atoms with Gasteiger partial charge < -0.3 is 14.0 Å². The third-order valence-electron chi connectivity index (χ3n) is 8.19. The van der Waals surface area contributed by atoms with Crippen molar-refractivity contribution < 1.29 is 14.0 Å². The van der Waals surface area contributed by atoms with Crippen molar-refractivity contribution in [1.82, 2.24) is 0 Å². The second kappa shape index (κ2) is 7.95. The summed E-state index contributed by atoms with van der Waals surface area (Å²) in [5.41, 5.74) is 4.48. The molecule has 2 aliphatic heterocycles. The molecule has 0 bridgehead atoms. The van der Waals surface area contributed by atoms with E-state index in [4.69, 9.17) is 14.0 Å². The highest BCUT2D eigenvalue weighted by Crippen LogP contribution is 2.51. The Bertz CT molecular complexity index is 851. The summed E-state index contributed by atoms with van der Waals surface area (Å²) in [5, 5.41) is 0. The highest BCUT2D eigenvalue weighted by molar-refractivity contribution is 6.62. The summed E-state index contributed by atoms with van der Waals surface area (Å²) in [6, 6.07) is 4.67. The van der Waals surface area contributed by atoms with E-state index >= 15 is 0 Å². The van der Waals surface area contributed by atoms with E-state index in [2.05, 4.69) is 73.6 Å². The molecule has 31 heavy (non-hydrogen) atoms. The molecule has 1 aromatic carbocycles. The van der Waals surface area contributed by atoms with E-state index in [0.29, 0.717) is 11.8 Å². The van der Waals surface area contributed by atoms with Gasteiger partial charge in [0.1, 0.15) is 11.4 Å². The monoisotopic (exact) mass is 424 g/mol. The van der Waals surface area contributed by atoms with E-state index in [1.165, 1.54) is 41.4 Å². The number of unbranched alkanes of at least 4 members (excludes halogenated alkanes) is 2. The summed E-state index contributed by atoms with van der Waals surface area (Å²) in [7, 11) is -0.346. The zero-order chi connectivity index (χ0) is 22.6. The number of fused-ring (bicyclic) bond motifs is 3. The van der Waals surface area contributed by atoms with Crippen molar-refractivity contribution in [2.24, 2.45) is 5.92 Å². The van der Waals surface area contributed by atoms with Gasteiger partial charge in [-0.1, -0.05) is 37.5 Å². The molecule has 0 amide bonds. The fourth-order valence-electron chi connectivity index (χ4n) is 5.57. The van der Waals surface area contributed by atoms with Crippen LogP contribution in [-0.2, 0) is 15.7 Å². The normalized spacial score (nSPS) is 27.9. The molecule has 1 aromatic rings. The van der Waals surface area contributed by atoms with Gasteiger partial charge in [-0.3, -0.25) is 0 Å². The highest BCUT2D eigenvalue weighted by atomic mass is 16.7. The quantitative estimate of drug-likeness (QED) is 0.314. The van der Waals surface area contributed by atoms with Crippen molar-refractivity contribution in [1.29, 1.82) is 0 Å². The summed E-state index contributed by atoms with van der Waals surface area (Å²) in [6.07, 6.45) is 9.33. The maximum atomic E-state index is 6.73. The summed E-state index contributed by atoms with van der Waals surface area (Å²) in [6.45, 7) is 17.6. The molecule has 2 heterocycles. The summed E-state index contributed by atoms with van der Waals surface area (Å²) in [5.74, 6) is 1.97. The number of allylic oxidation sites excluding steroid dienone is 2. The van der Waals surface area contributed by atoms with Crippen LogP contribution >= 0.6 is 0 Å². The van der Waals surface area contributed by atoms with Gasteiger partial charge in [-0.05, 0) is 103 Å². The molecule has 3 aliphatic rings. The summed E-state index contributed by atoms with van der Waals surface area (Å²) >= 11 is 0.